The molecular weight excluding hydrogens is 300 g/mol. The maximum absolute atomic E-state index is 10.2. The van der Waals surface area contributed by atoms with Crippen LogP contribution in [0.3, 0.4) is 0 Å². The Morgan fingerprint density at radius 3 is 2.77 bits per heavy atom. The molecule has 0 bridgehead atoms. The highest BCUT2D eigenvalue weighted by molar-refractivity contribution is 7.22. The van der Waals surface area contributed by atoms with E-state index in [1.54, 1.807) is 17.7 Å². The molecule has 0 unspecified atom stereocenters. The number of aryl methyl sites for hydroxylation is 2. The second-order valence-corrected chi connectivity index (χ2v) is 6.49. The molecule has 1 aromatic carbocycles. The van der Waals surface area contributed by atoms with Gasteiger partial charge < -0.3 is 15.5 Å². The summed E-state index contributed by atoms with van der Waals surface area (Å²) in [6, 6.07) is 3.73. The first-order valence-electron chi connectivity index (χ1n) is 7.03. The van der Waals surface area contributed by atoms with Gasteiger partial charge in [-0.15, -0.1) is 5.10 Å². The van der Waals surface area contributed by atoms with Crippen LogP contribution in [0.5, 0.6) is 5.75 Å². The van der Waals surface area contributed by atoms with E-state index < -0.39 is 6.10 Å². The Morgan fingerprint density at radius 1 is 1.36 bits per heavy atom. The van der Waals surface area contributed by atoms with Gasteiger partial charge in [0.2, 0.25) is 0 Å². The van der Waals surface area contributed by atoms with E-state index in [9.17, 15) is 10.2 Å². The summed E-state index contributed by atoms with van der Waals surface area (Å²) in [7, 11) is 0. The lowest BCUT2D eigenvalue weighted by Crippen LogP contribution is -2.15. The van der Waals surface area contributed by atoms with Crippen LogP contribution in [0.2, 0.25) is 0 Å². The highest BCUT2D eigenvalue weighted by Crippen LogP contribution is 2.30. The number of aliphatic hydroxyl groups is 1. The van der Waals surface area contributed by atoms with Crippen molar-refractivity contribution in [2.45, 2.75) is 26.9 Å². The highest BCUT2D eigenvalue weighted by atomic mass is 32.1. The molecule has 0 aliphatic heterocycles. The molecule has 3 aromatic rings. The third-order valence-electron chi connectivity index (χ3n) is 3.28. The molecule has 3 rings (SSSR count). The smallest absolute Gasteiger partial charge is 0.194 e. The molecule has 1 atom stereocenters. The summed E-state index contributed by atoms with van der Waals surface area (Å²) in [6.07, 6.45) is 1.43. The molecule has 22 heavy (non-hydrogen) atoms. The van der Waals surface area contributed by atoms with Gasteiger partial charge in [0.1, 0.15) is 11.4 Å². The second kappa shape index (κ2) is 5.58. The first kappa shape index (κ1) is 14.8. The lowest BCUT2D eigenvalue weighted by Gasteiger charge is -2.09. The van der Waals surface area contributed by atoms with Gasteiger partial charge in [0.05, 0.1) is 17.0 Å². The second-order valence-electron chi connectivity index (χ2n) is 5.46. The summed E-state index contributed by atoms with van der Waals surface area (Å²) in [4.78, 5) is 4.39. The Kier molecular flexibility index (Phi) is 3.76. The quantitative estimate of drug-likeness (QED) is 0.689. The van der Waals surface area contributed by atoms with Crippen LogP contribution in [0.4, 0.5) is 5.13 Å². The van der Waals surface area contributed by atoms with Crippen molar-refractivity contribution < 1.29 is 10.2 Å². The van der Waals surface area contributed by atoms with Crippen LogP contribution in [-0.2, 0) is 0 Å². The average Bonchev–Trinajstić information content (AvgIpc) is 2.93. The molecule has 6 nitrogen and oxygen atoms in total. The van der Waals surface area contributed by atoms with Gasteiger partial charge in [-0.1, -0.05) is 17.4 Å². The molecule has 2 heterocycles. The molecule has 2 aromatic heterocycles. The molecule has 0 saturated heterocycles. The van der Waals surface area contributed by atoms with Crippen molar-refractivity contribution in [1.82, 2.24) is 14.8 Å². The number of aromatic hydroxyl groups is 1. The number of thiazole rings is 1. The number of hydrogen-bond acceptors (Lipinski definition) is 6. The van der Waals surface area contributed by atoms with Crippen LogP contribution >= 0.6 is 11.3 Å². The van der Waals surface area contributed by atoms with Crippen LogP contribution in [-0.4, -0.2) is 37.6 Å². The number of phenols is 1. The lowest BCUT2D eigenvalue weighted by molar-refractivity contribution is 0.208. The fourth-order valence-corrected chi connectivity index (χ4v) is 3.21. The van der Waals surface area contributed by atoms with Gasteiger partial charge in [-0.05, 0) is 38.0 Å². The van der Waals surface area contributed by atoms with Crippen LogP contribution in [0.15, 0.2) is 18.3 Å². The van der Waals surface area contributed by atoms with E-state index in [0.717, 1.165) is 21.0 Å². The van der Waals surface area contributed by atoms with E-state index in [1.165, 1.54) is 11.3 Å². The number of aromatic nitrogens is 3. The van der Waals surface area contributed by atoms with Gasteiger partial charge in [0.25, 0.3) is 0 Å². The first-order chi connectivity index (χ1) is 10.4. The van der Waals surface area contributed by atoms with E-state index in [4.69, 9.17) is 0 Å². The summed E-state index contributed by atoms with van der Waals surface area (Å²) in [5.41, 5.74) is 3.27. The van der Waals surface area contributed by atoms with Crippen molar-refractivity contribution in [1.29, 1.82) is 0 Å². The molecule has 3 N–H and O–H groups in total. The fraction of sp³-hybridized carbons (Fsp3) is 0.333. The van der Waals surface area contributed by atoms with Gasteiger partial charge in [-0.25, -0.2) is 4.68 Å². The molecule has 0 spiro atoms. The van der Waals surface area contributed by atoms with Crippen LogP contribution in [0.25, 0.3) is 16.0 Å². The van der Waals surface area contributed by atoms with E-state index in [-0.39, 0.29) is 5.75 Å². The van der Waals surface area contributed by atoms with Gasteiger partial charge in [0.15, 0.2) is 10.8 Å². The molecule has 116 valence electrons. The number of nitrogens with one attached hydrogen (secondary N) is 1. The number of hydrogen-bond donors (Lipinski definition) is 3. The monoisotopic (exact) mass is 318 g/mol. The number of anilines is 1. The maximum atomic E-state index is 10.2. The molecule has 0 aliphatic carbocycles. The average molecular weight is 318 g/mol. The lowest BCUT2D eigenvalue weighted by atomic mass is 10.1. The fourth-order valence-electron chi connectivity index (χ4n) is 2.38. The third kappa shape index (κ3) is 2.77. The van der Waals surface area contributed by atoms with Crippen molar-refractivity contribution in [3.63, 3.8) is 0 Å². The minimum absolute atomic E-state index is 0.208. The zero-order valence-corrected chi connectivity index (χ0v) is 13.5. The summed E-state index contributed by atoms with van der Waals surface area (Å²) in [6.45, 7) is 6.06. The minimum atomic E-state index is -0.427. The predicted octanol–water partition coefficient (Wildman–Crippen LogP) is 2.60. The highest BCUT2D eigenvalue weighted by Gasteiger charge is 2.14. The molecule has 0 amide bonds. The number of benzene rings is 1. The number of phenolic OH excluding ortho intramolecular Hbond substituents is 1. The van der Waals surface area contributed by atoms with E-state index in [2.05, 4.69) is 15.4 Å². The molecule has 7 heteroatoms. The Balaban J connectivity index is 1.95. The Labute approximate surface area is 132 Å². The van der Waals surface area contributed by atoms with Crippen molar-refractivity contribution in [2.75, 3.05) is 11.9 Å². The summed E-state index contributed by atoms with van der Waals surface area (Å²) in [5, 5.41) is 27.7. The number of nitrogens with zero attached hydrogens (tertiary/aromatic N) is 3. The first-order valence-corrected chi connectivity index (χ1v) is 7.84. The zero-order valence-electron chi connectivity index (χ0n) is 12.7. The van der Waals surface area contributed by atoms with Gasteiger partial charge in [-0.3, -0.25) is 0 Å². The maximum Gasteiger partial charge on any atom is 0.194 e. The summed E-state index contributed by atoms with van der Waals surface area (Å²) in [5.74, 6) is 0.208. The van der Waals surface area contributed by atoms with Crippen molar-refractivity contribution >= 4 is 26.8 Å². The number of rotatable bonds is 4. The molecule has 0 saturated carbocycles. The van der Waals surface area contributed by atoms with E-state index in [0.29, 0.717) is 17.9 Å². The number of aliphatic hydroxyl groups excluding tert-OH is 1. The molecule has 0 radical (unpaired) electrons. The SMILES string of the molecule is Cc1cc(C)c(-n2cc3sc(NC[C@@H](C)O)nc3n2)c(O)c1. The molecule has 0 aliphatic rings. The standard InChI is InChI=1S/C15H18N4O2S/c1-8-4-9(2)13(11(21)5-8)19-7-12-14(18-19)17-15(22-12)16-6-10(3)20/h4-5,7,10,20-21H,6H2,1-3H3,(H,16,17,18)/t10-/m1/s1. The Hall–Kier alpha value is -2.12. The third-order valence-corrected chi connectivity index (χ3v) is 4.22. The largest absolute Gasteiger partial charge is 0.506 e. The topological polar surface area (TPSA) is 83.2 Å². The molecule has 0 fully saturated rings. The Bertz CT molecular complexity index is 768. The van der Waals surface area contributed by atoms with E-state index >= 15 is 0 Å². The van der Waals surface area contributed by atoms with Gasteiger partial charge in [0, 0.05) is 6.54 Å². The van der Waals surface area contributed by atoms with Crippen LogP contribution in [0.1, 0.15) is 18.1 Å². The summed E-state index contributed by atoms with van der Waals surface area (Å²) >= 11 is 1.47. The van der Waals surface area contributed by atoms with Crippen molar-refractivity contribution in [2.24, 2.45) is 0 Å². The normalized spacial score (nSPS) is 12.7. The van der Waals surface area contributed by atoms with Crippen molar-refractivity contribution in [3.05, 3.63) is 29.5 Å². The Morgan fingerprint density at radius 2 is 2.14 bits per heavy atom. The van der Waals surface area contributed by atoms with Gasteiger partial charge in [-0.2, -0.15) is 4.98 Å². The summed E-state index contributed by atoms with van der Waals surface area (Å²) < 4.78 is 2.59. The minimum Gasteiger partial charge on any atom is -0.506 e. The van der Waals surface area contributed by atoms with Gasteiger partial charge >= 0.3 is 0 Å². The zero-order chi connectivity index (χ0) is 15.9. The van der Waals surface area contributed by atoms with Crippen LogP contribution in [0, 0.1) is 13.8 Å². The molecular formula is C15H18N4O2S. The number of fused-ring (bicyclic) bond motifs is 1. The van der Waals surface area contributed by atoms with E-state index in [1.807, 2.05) is 26.1 Å². The van der Waals surface area contributed by atoms with Crippen LogP contribution < -0.4 is 5.32 Å². The van der Waals surface area contributed by atoms with Crippen molar-refractivity contribution in [3.8, 4) is 11.4 Å². The predicted molar refractivity (Wildman–Crippen MR) is 88.1 cm³/mol.